The summed E-state index contributed by atoms with van der Waals surface area (Å²) in [6, 6.07) is 6.71. The van der Waals surface area contributed by atoms with Gasteiger partial charge in [-0.25, -0.2) is 0 Å². The summed E-state index contributed by atoms with van der Waals surface area (Å²) in [7, 11) is 1.22. The number of imide groups is 1. The number of anilines is 1. The number of nitrogens with zero attached hydrogens (tertiary/aromatic N) is 1. The van der Waals surface area contributed by atoms with Crippen LogP contribution in [0, 0.1) is 0 Å². The van der Waals surface area contributed by atoms with Crippen LogP contribution >= 0.6 is 23.4 Å². The minimum atomic E-state index is -4.64. The molecular formula is C20H14ClF3N2O5S. The summed E-state index contributed by atoms with van der Waals surface area (Å²) >= 11 is 6.41. The molecule has 0 atom stereocenters. The van der Waals surface area contributed by atoms with Crippen LogP contribution in [0.1, 0.15) is 11.1 Å². The molecule has 0 aliphatic carbocycles. The van der Waals surface area contributed by atoms with Crippen molar-refractivity contribution in [2.45, 2.75) is 6.18 Å². The van der Waals surface area contributed by atoms with Crippen LogP contribution < -0.4 is 10.1 Å². The molecule has 0 spiro atoms. The molecule has 0 saturated carbocycles. The molecule has 0 radical (unpaired) electrons. The Morgan fingerprint density at radius 3 is 2.59 bits per heavy atom. The number of alkyl halides is 3. The summed E-state index contributed by atoms with van der Waals surface area (Å²) in [6.07, 6.45) is -3.27. The van der Waals surface area contributed by atoms with E-state index in [0.29, 0.717) is 28.3 Å². The predicted molar refractivity (Wildman–Crippen MR) is 112 cm³/mol. The fourth-order valence-corrected chi connectivity index (χ4v) is 3.74. The number of amides is 3. The van der Waals surface area contributed by atoms with E-state index in [0.717, 1.165) is 12.1 Å². The number of carbonyl (C=O) groups is 3. The number of nitrogens with one attached hydrogen (secondary N) is 1. The molecule has 12 heteroatoms. The maximum Gasteiger partial charge on any atom is 0.416 e. The SMILES string of the molecule is COc1ccc(C(F)(F)F)cc1NC(=O)CN1C(=O)S/C(=C\c2ccc(O)c(Cl)c2)C1=O. The van der Waals surface area contributed by atoms with Crippen molar-refractivity contribution >= 4 is 52.2 Å². The lowest BCUT2D eigenvalue weighted by Crippen LogP contribution is -2.36. The van der Waals surface area contributed by atoms with Crippen molar-refractivity contribution in [3.05, 3.63) is 57.5 Å². The molecular weight excluding hydrogens is 473 g/mol. The molecule has 32 heavy (non-hydrogen) atoms. The molecule has 0 aromatic heterocycles. The van der Waals surface area contributed by atoms with Gasteiger partial charge in [-0.05, 0) is 53.7 Å². The summed E-state index contributed by atoms with van der Waals surface area (Å²) in [5.41, 5.74) is -0.819. The van der Waals surface area contributed by atoms with Crippen LogP contribution in [-0.4, -0.2) is 40.7 Å². The molecule has 1 saturated heterocycles. The topological polar surface area (TPSA) is 95.9 Å². The van der Waals surface area contributed by atoms with Crippen LogP contribution in [0.4, 0.5) is 23.7 Å². The number of thioether (sulfide) groups is 1. The van der Waals surface area contributed by atoms with Crippen LogP contribution in [0.15, 0.2) is 41.3 Å². The first-order valence-corrected chi connectivity index (χ1v) is 9.98. The van der Waals surface area contributed by atoms with Gasteiger partial charge in [0.25, 0.3) is 11.1 Å². The van der Waals surface area contributed by atoms with Crippen molar-refractivity contribution in [1.82, 2.24) is 4.90 Å². The summed E-state index contributed by atoms with van der Waals surface area (Å²) in [4.78, 5) is 37.8. The Labute approximate surface area is 188 Å². The van der Waals surface area contributed by atoms with E-state index in [1.807, 2.05) is 0 Å². The van der Waals surface area contributed by atoms with E-state index in [-0.39, 0.29) is 27.1 Å². The van der Waals surface area contributed by atoms with Crippen LogP contribution in [-0.2, 0) is 15.8 Å². The number of aromatic hydroxyl groups is 1. The lowest BCUT2D eigenvalue weighted by atomic mass is 10.1. The number of benzene rings is 2. The first-order chi connectivity index (χ1) is 15.0. The highest BCUT2D eigenvalue weighted by Crippen LogP contribution is 2.36. The van der Waals surface area contributed by atoms with Crippen molar-refractivity contribution in [3.8, 4) is 11.5 Å². The van der Waals surface area contributed by atoms with Crippen molar-refractivity contribution < 1.29 is 37.4 Å². The summed E-state index contributed by atoms with van der Waals surface area (Å²) in [6.45, 7) is -0.711. The molecule has 7 nitrogen and oxygen atoms in total. The average Bonchev–Trinajstić information content (AvgIpc) is 2.97. The molecule has 1 fully saturated rings. The fraction of sp³-hybridized carbons (Fsp3) is 0.150. The molecule has 1 heterocycles. The first-order valence-electron chi connectivity index (χ1n) is 8.78. The zero-order chi connectivity index (χ0) is 23.6. The van der Waals surface area contributed by atoms with E-state index in [1.54, 1.807) is 0 Å². The standard InChI is InChI=1S/C20H14ClF3N2O5S/c1-31-15-5-3-11(20(22,23)24)8-13(15)25-17(28)9-26-18(29)16(32-19(26)30)7-10-2-4-14(27)12(21)6-10/h2-8,27H,9H2,1H3,(H,25,28)/b16-7-. The van der Waals surface area contributed by atoms with E-state index in [9.17, 15) is 32.7 Å². The molecule has 1 aliphatic heterocycles. The molecule has 0 bridgehead atoms. The second-order valence-corrected chi connectivity index (χ2v) is 7.84. The van der Waals surface area contributed by atoms with E-state index in [2.05, 4.69) is 5.32 Å². The zero-order valence-electron chi connectivity index (χ0n) is 16.2. The number of hydrogen-bond acceptors (Lipinski definition) is 6. The number of hydrogen-bond donors (Lipinski definition) is 2. The van der Waals surface area contributed by atoms with E-state index >= 15 is 0 Å². The van der Waals surface area contributed by atoms with E-state index in [1.165, 1.54) is 31.4 Å². The lowest BCUT2D eigenvalue weighted by molar-refractivity contribution is -0.137. The molecule has 2 aromatic rings. The second-order valence-electron chi connectivity index (χ2n) is 6.44. The van der Waals surface area contributed by atoms with E-state index < -0.39 is 35.3 Å². The van der Waals surface area contributed by atoms with Gasteiger partial charge in [0.05, 0.1) is 28.3 Å². The van der Waals surface area contributed by atoms with Gasteiger partial charge in [0.15, 0.2) is 0 Å². The van der Waals surface area contributed by atoms with Gasteiger partial charge in [-0.2, -0.15) is 13.2 Å². The van der Waals surface area contributed by atoms with Gasteiger partial charge in [0.2, 0.25) is 5.91 Å². The van der Waals surface area contributed by atoms with Crippen molar-refractivity contribution in [3.63, 3.8) is 0 Å². The maximum absolute atomic E-state index is 13.0. The van der Waals surface area contributed by atoms with Gasteiger partial charge in [-0.3, -0.25) is 19.3 Å². The Balaban J connectivity index is 1.75. The fourth-order valence-electron chi connectivity index (χ4n) is 2.72. The highest BCUT2D eigenvalue weighted by atomic mass is 35.5. The summed E-state index contributed by atoms with van der Waals surface area (Å²) in [5, 5.41) is 11.0. The molecule has 1 aliphatic rings. The molecule has 3 rings (SSSR count). The number of carbonyl (C=O) groups excluding carboxylic acids is 3. The monoisotopic (exact) mass is 486 g/mol. The van der Waals surface area contributed by atoms with Gasteiger partial charge in [-0.15, -0.1) is 0 Å². The highest BCUT2D eigenvalue weighted by molar-refractivity contribution is 8.18. The Hall–Kier alpha value is -3.18. The zero-order valence-corrected chi connectivity index (χ0v) is 17.8. The Morgan fingerprint density at radius 1 is 1.25 bits per heavy atom. The van der Waals surface area contributed by atoms with Gasteiger partial charge in [-0.1, -0.05) is 17.7 Å². The number of phenolic OH excluding ortho intramolecular Hbond substituents is 1. The predicted octanol–water partition coefficient (Wildman–Crippen LogP) is 4.75. The van der Waals surface area contributed by atoms with Crippen molar-refractivity contribution in [2.75, 3.05) is 19.0 Å². The largest absolute Gasteiger partial charge is 0.506 e. The second kappa shape index (κ2) is 9.13. The minimum Gasteiger partial charge on any atom is -0.506 e. The van der Waals surface area contributed by atoms with Crippen molar-refractivity contribution in [2.24, 2.45) is 0 Å². The first kappa shape index (κ1) is 23.5. The maximum atomic E-state index is 13.0. The van der Waals surface area contributed by atoms with Gasteiger partial charge in [0.1, 0.15) is 18.0 Å². The van der Waals surface area contributed by atoms with Crippen LogP contribution in [0.3, 0.4) is 0 Å². The number of ether oxygens (including phenoxy) is 1. The number of halogens is 4. The Kier molecular flexibility index (Phi) is 6.70. The number of rotatable bonds is 5. The van der Waals surface area contributed by atoms with Gasteiger partial charge >= 0.3 is 6.18 Å². The van der Waals surface area contributed by atoms with E-state index in [4.69, 9.17) is 16.3 Å². The third-order valence-corrected chi connectivity index (χ3v) is 5.46. The van der Waals surface area contributed by atoms with Gasteiger partial charge < -0.3 is 15.2 Å². The van der Waals surface area contributed by atoms with Crippen LogP contribution in [0.2, 0.25) is 5.02 Å². The minimum absolute atomic E-state index is 0.0150. The third-order valence-electron chi connectivity index (χ3n) is 4.25. The van der Waals surface area contributed by atoms with Crippen LogP contribution in [0.5, 0.6) is 11.5 Å². The quantitative estimate of drug-likeness (QED) is 0.592. The number of methoxy groups -OCH3 is 1. The smallest absolute Gasteiger partial charge is 0.416 e. The Bertz CT molecular complexity index is 1140. The number of phenols is 1. The molecule has 2 aromatic carbocycles. The average molecular weight is 487 g/mol. The summed E-state index contributed by atoms with van der Waals surface area (Å²) in [5.74, 6) is -1.82. The molecule has 3 amide bonds. The summed E-state index contributed by atoms with van der Waals surface area (Å²) < 4.78 is 43.8. The molecule has 2 N–H and O–H groups in total. The third kappa shape index (κ3) is 5.17. The highest BCUT2D eigenvalue weighted by Gasteiger charge is 2.37. The Morgan fingerprint density at radius 2 is 1.97 bits per heavy atom. The van der Waals surface area contributed by atoms with Crippen LogP contribution in [0.25, 0.3) is 6.08 Å². The lowest BCUT2D eigenvalue weighted by Gasteiger charge is -2.16. The molecule has 168 valence electrons. The molecule has 0 unspecified atom stereocenters. The van der Waals surface area contributed by atoms with Crippen molar-refractivity contribution in [1.29, 1.82) is 0 Å². The van der Waals surface area contributed by atoms with Gasteiger partial charge in [0, 0.05) is 0 Å². The normalized spacial score (nSPS) is 15.4.